The van der Waals surface area contributed by atoms with Crippen molar-refractivity contribution in [2.75, 3.05) is 27.7 Å². The molecule has 0 aliphatic carbocycles. The van der Waals surface area contributed by atoms with Crippen LogP contribution in [0.15, 0.2) is 18.2 Å². The maximum absolute atomic E-state index is 15.1. The molecule has 2 N–H and O–H groups in total. The second kappa shape index (κ2) is 9.28. The zero-order chi connectivity index (χ0) is 23.6. The monoisotopic (exact) mass is 445 g/mol. The summed E-state index contributed by atoms with van der Waals surface area (Å²) in [6.45, 7) is 7.57. The molecular weight excluding hydrogens is 413 g/mol. The van der Waals surface area contributed by atoms with E-state index in [0.717, 1.165) is 13.0 Å². The Labute approximate surface area is 188 Å². The first-order chi connectivity index (χ1) is 15.1. The fraction of sp³-hybridized carbons (Fsp3) is 0.522. The molecule has 174 valence electrons. The van der Waals surface area contributed by atoms with Gasteiger partial charge in [0.25, 0.3) is 5.91 Å². The predicted octanol–water partition coefficient (Wildman–Crippen LogP) is 2.42. The first kappa shape index (κ1) is 23.7. The average Bonchev–Trinajstić information content (AvgIpc) is 2.96. The van der Waals surface area contributed by atoms with E-state index in [-0.39, 0.29) is 22.9 Å². The van der Waals surface area contributed by atoms with Gasteiger partial charge in [0.15, 0.2) is 17.3 Å². The van der Waals surface area contributed by atoms with Gasteiger partial charge in [-0.3, -0.25) is 9.59 Å². The summed E-state index contributed by atoms with van der Waals surface area (Å²) in [4.78, 5) is 32.5. The van der Waals surface area contributed by atoms with Crippen LogP contribution >= 0.6 is 0 Å². The van der Waals surface area contributed by atoms with E-state index in [1.165, 1.54) is 14.2 Å². The molecule has 1 aliphatic heterocycles. The van der Waals surface area contributed by atoms with E-state index in [1.807, 2.05) is 32.4 Å². The molecule has 0 saturated carbocycles. The number of carbonyl (C=O) groups excluding carboxylic acids is 2. The second-order valence-corrected chi connectivity index (χ2v) is 9.18. The number of imidazole rings is 1. The molecule has 1 aliphatic rings. The minimum Gasteiger partial charge on any atom is -0.494 e. The smallest absolute Gasteiger partial charge is 0.272 e. The number of nitrogens with one attached hydrogen (secondary N) is 2. The number of hydrogen-bond donors (Lipinski definition) is 2. The molecule has 0 fully saturated rings. The molecule has 0 radical (unpaired) electrons. The Bertz CT molecular complexity index is 1010. The van der Waals surface area contributed by atoms with Gasteiger partial charge in [-0.05, 0) is 37.6 Å². The van der Waals surface area contributed by atoms with E-state index in [0.29, 0.717) is 24.6 Å². The number of nitrogens with zero attached hydrogens (tertiary/aromatic N) is 3. The molecule has 0 spiro atoms. The Morgan fingerprint density at radius 3 is 2.59 bits per heavy atom. The summed E-state index contributed by atoms with van der Waals surface area (Å²) in [5, 5.41) is 5.46. The Morgan fingerprint density at radius 2 is 1.97 bits per heavy atom. The number of hydrogen-bond acceptors (Lipinski definition) is 5. The molecule has 2 aromatic rings. The van der Waals surface area contributed by atoms with Crippen LogP contribution in [-0.2, 0) is 17.9 Å². The van der Waals surface area contributed by atoms with E-state index in [1.54, 1.807) is 18.2 Å². The maximum atomic E-state index is 15.1. The minimum atomic E-state index is -0.752. The van der Waals surface area contributed by atoms with Crippen LogP contribution in [-0.4, -0.2) is 60.1 Å². The lowest BCUT2D eigenvalue weighted by molar-refractivity contribution is -0.124. The number of aromatic nitrogens is 2. The molecular formula is C23H32FN5O3. The first-order valence-electron chi connectivity index (χ1n) is 10.7. The van der Waals surface area contributed by atoms with E-state index < -0.39 is 23.2 Å². The average molecular weight is 446 g/mol. The van der Waals surface area contributed by atoms with E-state index in [2.05, 4.69) is 20.5 Å². The van der Waals surface area contributed by atoms with Crippen LogP contribution in [0.25, 0.3) is 11.4 Å². The number of benzene rings is 1. The largest absolute Gasteiger partial charge is 0.494 e. The molecule has 1 aromatic carbocycles. The Hall–Kier alpha value is -2.94. The lowest BCUT2D eigenvalue weighted by Gasteiger charge is -2.29. The quantitative estimate of drug-likeness (QED) is 0.738. The van der Waals surface area contributed by atoms with Gasteiger partial charge in [-0.1, -0.05) is 26.8 Å². The van der Waals surface area contributed by atoms with Crippen LogP contribution in [0.3, 0.4) is 0 Å². The Morgan fingerprint density at radius 1 is 1.25 bits per heavy atom. The van der Waals surface area contributed by atoms with E-state index >= 15 is 4.39 Å². The molecule has 8 nitrogen and oxygen atoms in total. The standard InChI is InChI=1S/C23H32FN5O3/c1-23(2,3)19(22(31)25-4)27-21(30)18-15-13-28(5)11-8-12-29(15)20(26-18)14-9-7-10-16(32-6)17(14)24/h7,9-10,19H,8,11-13H2,1-6H3,(H,25,31)(H,27,30)/t19-/m1/s1. The molecule has 3 rings (SSSR count). The summed E-state index contributed by atoms with van der Waals surface area (Å²) in [7, 11) is 4.92. The van der Waals surface area contributed by atoms with Gasteiger partial charge in [0.1, 0.15) is 11.9 Å². The molecule has 0 unspecified atom stereocenters. The molecule has 1 aromatic heterocycles. The summed E-state index contributed by atoms with van der Waals surface area (Å²) >= 11 is 0. The number of halogens is 1. The van der Waals surface area contributed by atoms with Crippen LogP contribution in [0.5, 0.6) is 5.75 Å². The number of methoxy groups -OCH3 is 1. The van der Waals surface area contributed by atoms with Gasteiger partial charge in [0, 0.05) is 20.1 Å². The van der Waals surface area contributed by atoms with Gasteiger partial charge in [-0.15, -0.1) is 0 Å². The maximum Gasteiger partial charge on any atom is 0.272 e. The Balaban J connectivity index is 2.11. The van der Waals surface area contributed by atoms with Crippen LogP contribution in [0, 0.1) is 11.2 Å². The zero-order valence-electron chi connectivity index (χ0n) is 19.6. The highest BCUT2D eigenvalue weighted by atomic mass is 19.1. The van der Waals surface area contributed by atoms with Crippen LogP contribution < -0.4 is 15.4 Å². The van der Waals surface area contributed by atoms with Crippen LogP contribution in [0.2, 0.25) is 0 Å². The van der Waals surface area contributed by atoms with E-state index in [9.17, 15) is 9.59 Å². The summed E-state index contributed by atoms with van der Waals surface area (Å²) in [6.07, 6.45) is 0.836. The van der Waals surface area contributed by atoms with Crippen LogP contribution in [0.4, 0.5) is 4.39 Å². The molecule has 0 bridgehead atoms. The lowest BCUT2D eigenvalue weighted by atomic mass is 9.86. The van der Waals surface area contributed by atoms with Crippen molar-refractivity contribution in [1.82, 2.24) is 25.1 Å². The van der Waals surface area contributed by atoms with Crippen molar-refractivity contribution in [3.05, 3.63) is 35.4 Å². The Kier molecular flexibility index (Phi) is 6.88. The molecule has 1 atom stereocenters. The minimum absolute atomic E-state index is 0.115. The number of carbonyl (C=O) groups is 2. The van der Waals surface area contributed by atoms with Crippen molar-refractivity contribution in [1.29, 1.82) is 0 Å². The normalized spacial score (nSPS) is 15.5. The number of ether oxygens (including phenoxy) is 1. The van der Waals surface area contributed by atoms with Crippen molar-refractivity contribution in [3.63, 3.8) is 0 Å². The van der Waals surface area contributed by atoms with Gasteiger partial charge in [0.2, 0.25) is 5.91 Å². The van der Waals surface area contributed by atoms with Gasteiger partial charge < -0.3 is 24.8 Å². The number of fused-ring (bicyclic) bond motifs is 1. The highest BCUT2D eigenvalue weighted by molar-refractivity contribution is 5.98. The number of rotatable bonds is 5. The fourth-order valence-corrected chi connectivity index (χ4v) is 3.97. The van der Waals surface area contributed by atoms with Gasteiger partial charge in [0.05, 0.1) is 18.4 Å². The molecule has 32 heavy (non-hydrogen) atoms. The molecule has 0 saturated heterocycles. The van der Waals surface area contributed by atoms with Gasteiger partial charge in [-0.2, -0.15) is 0 Å². The van der Waals surface area contributed by atoms with Crippen molar-refractivity contribution in [2.24, 2.45) is 5.41 Å². The van der Waals surface area contributed by atoms with Crippen molar-refractivity contribution < 1.29 is 18.7 Å². The highest BCUT2D eigenvalue weighted by Crippen LogP contribution is 2.32. The third kappa shape index (κ3) is 4.62. The summed E-state index contributed by atoms with van der Waals surface area (Å²) in [6, 6.07) is 4.12. The molecule has 9 heteroatoms. The molecule has 2 heterocycles. The van der Waals surface area contributed by atoms with Crippen molar-refractivity contribution in [2.45, 2.75) is 46.3 Å². The van der Waals surface area contributed by atoms with Gasteiger partial charge >= 0.3 is 0 Å². The number of amides is 2. The third-order valence-corrected chi connectivity index (χ3v) is 5.70. The third-order valence-electron chi connectivity index (χ3n) is 5.70. The summed E-state index contributed by atoms with van der Waals surface area (Å²) in [5.41, 5.74) is 0.664. The topological polar surface area (TPSA) is 88.5 Å². The molecule has 2 amide bonds. The SMILES string of the molecule is CNC(=O)[C@@H](NC(=O)c1nc(-c2cccc(OC)c2F)n2c1CN(C)CCC2)C(C)(C)C. The first-order valence-corrected chi connectivity index (χ1v) is 10.7. The highest BCUT2D eigenvalue weighted by Gasteiger charge is 2.35. The van der Waals surface area contributed by atoms with Gasteiger partial charge in [-0.25, -0.2) is 9.37 Å². The predicted molar refractivity (Wildman–Crippen MR) is 120 cm³/mol. The van der Waals surface area contributed by atoms with Crippen LogP contribution in [0.1, 0.15) is 43.4 Å². The second-order valence-electron chi connectivity index (χ2n) is 9.18. The lowest BCUT2D eigenvalue weighted by Crippen LogP contribution is -2.53. The van der Waals surface area contributed by atoms with E-state index in [4.69, 9.17) is 4.74 Å². The van der Waals surface area contributed by atoms with Crippen molar-refractivity contribution >= 4 is 11.8 Å². The number of likely N-dealkylation sites (N-methyl/N-ethyl adjacent to an activating group) is 1. The fourth-order valence-electron chi connectivity index (χ4n) is 3.97. The summed E-state index contributed by atoms with van der Waals surface area (Å²) in [5.74, 6) is -0.771. The van der Waals surface area contributed by atoms with Crippen molar-refractivity contribution in [3.8, 4) is 17.1 Å². The summed E-state index contributed by atoms with van der Waals surface area (Å²) < 4.78 is 22.1. The zero-order valence-corrected chi connectivity index (χ0v) is 19.6.